The highest BCUT2D eigenvalue weighted by molar-refractivity contribution is 7.90. The van der Waals surface area contributed by atoms with Crippen molar-refractivity contribution in [1.29, 1.82) is 0 Å². The van der Waals surface area contributed by atoms with Gasteiger partial charge in [-0.3, -0.25) is 4.79 Å². The highest BCUT2D eigenvalue weighted by Gasteiger charge is 2.20. The first-order valence-corrected chi connectivity index (χ1v) is 12.4. The molecule has 0 fully saturated rings. The van der Waals surface area contributed by atoms with Crippen LogP contribution in [0.2, 0.25) is 0 Å². The summed E-state index contributed by atoms with van der Waals surface area (Å²) in [7, 11) is -3.34. The lowest BCUT2D eigenvalue weighted by atomic mass is 10.1. The van der Waals surface area contributed by atoms with Crippen LogP contribution in [0.5, 0.6) is 0 Å². The summed E-state index contributed by atoms with van der Waals surface area (Å²) in [5.41, 5.74) is 3.62. The van der Waals surface area contributed by atoms with Crippen LogP contribution in [0, 0.1) is 12.7 Å². The Kier molecular flexibility index (Phi) is 5.90. The predicted octanol–water partition coefficient (Wildman–Crippen LogP) is 5.58. The van der Waals surface area contributed by atoms with E-state index in [2.05, 4.69) is 10.3 Å². The van der Waals surface area contributed by atoms with Gasteiger partial charge >= 0.3 is 0 Å². The van der Waals surface area contributed by atoms with E-state index in [9.17, 15) is 17.6 Å². The van der Waals surface area contributed by atoms with Crippen LogP contribution in [0.3, 0.4) is 0 Å². The van der Waals surface area contributed by atoms with Gasteiger partial charge < -0.3 is 5.32 Å². The maximum absolute atomic E-state index is 13.5. The van der Waals surface area contributed by atoms with Crippen molar-refractivity contribution >= 4 is 32.8 Å². The van der Waals surface area contributed by atoms with Crippen molar-refractivity contribution in [2.45, 2.75) is 11.8 Å². The van der Waals surface area contributed by atoms with Gasteiger partial charge in [0.1, 0.15) is 5.82 Å². The minimum atomic E-state index is -3.34. The molecule has 5 nitrogen and oxygen atoms in total. The quantitative estimate of drug-likeness (QED) is 0.417. The van der Waals surface area contributed by atoms with Gasteiger partial charge in [-0.1, -0.05) is 42.0 Å². The van der Waals surface area contributed by atoms with E-state index in [0.717, 1.165) is 11.8 Å². The number of halogens is 1. The fraction of sp³-hybridized carbons (Fsp3) is 0.0833. The van der Waals surface area contributed by atoms with E-state index in [4.69, 9.17) is 0 Å². The largest absolute Gasteiger partial charge is 0.320 e. The number of nitrogens with one attached hydrogen (secondary N) is 1. The van der Waals surface area contributed by atoms with E-state index in [1.165, 1.54) is 35.6 Å². The topological polar surface area (TPSA) is 76.1 Å². The second kappa shape index (κ2) is 8.64. The number of aryl methyl sites for hydroxylation is 1. The SMILES string of the molecule is Cc1ccc(NC(=O)c2nc(-c3ccc(S(C)(=O)=O)cc3)c(-c3ccc(F)cc3)s2)cc1. The van der Waals surface area contributed by atoms with E-state index in [0.29, 0.717) is 27.4 Å². The Morgan fingerprint density at radius 1 is 0.906 bits per heavy atom. The van der Waals surface area contributed by atoms with Crippen LogP contribution in [0.4, 0.5) is 10.1 Å². The molecule has 0 aliphatic carbocycles. The molecule has 0 unspecified atom stereocenters. The molecule has 0 bridgehead atoms. The molecular formula is C24H19FN2O3S2. The molecular weight excluding hydrogens is 447 g/mol. The predicted molar refractivity (Wildman–Crippen MR) is 125 cm³/mol. The highest BCUT2D eigenvalue weighted by Crippen LogP contribution is 2.37. The molecule has 0 saturated carbocycles. The van der Waals surface area contributed by atoms with Crippen molar-refractivity contribution in [2.24, 2.45) is 0 Å². The van der Waals surface area contributed by atoms with Gasteiger partial charge in [0.05, 0.1) is 15.5 Å². The van der Waals surface area contributed by atoms with Gasteiger partial charge in [0.15, 0.2) is 14.8 Å². The highest BCUT2D eigenvalue weighted by atomic mass is 32.2. The normalized spacial score (nSPS) is 11.3. The summed E-state index contributed by atoms with van der Waals surface area (Å²) in [4.78, 5) is 18.3. The summed E-state index contributed by atoms with van der Waals surface area (Å²) in [6.45, 7) is 1.96. The Balaban J connectivity index is 1.75. The standard InChI is InChI=1S/C24H19FN2O3S2/c1-15-3-11-19(12-4-15)26-23(28)24-27-21(16-7-13-20(14-8-16)32(2,29)30)22(31-24)17-5-9-18(25)10-6-17/h3-14H,1-2H3,(H,26,28). The Morgan fingerprint density at radius 2 is 1.50 bits per heavy atom. The monoisotopic (exact) mass is 466 g/mol. The molecule has 0 aliphatic heterocycles. The van der Waals surface area contributed by atoms with Crippen molar-refractivity contribution in [3.63, 3.8) is 0 Å². The molecule has 0 spiro atoms. The Hall–Kier alpha value is -3.36. The summed E-state index contributed by atoms with van der Waals surface area (Å²) in [5.74, 6) is -0.726. The zero-order valence-electron chi connectivity index (χ0n) is 17.3. The summed E-state index contributed by atoms with van der Waals surface area (Å²) in [5, 5.41) is 3.08. The summed E-state index contributed by atoms with van der Waals surface area (Å²) >= 11 is 1.19. The van der Waals surface area contributed by atoms with Crippen LogP contribution in [0.15, 0.2) is 77.7 Å². The van der Waals surface area contributed by atoms with E-state index >= 15 is 0 Å². The zero-order valence-corrected chi connectivity index (χ0v) is 18.9. The van der Waals surface area contributed by atoms with Crippen LogP contribution in [-0.2, 0) is 9.84 Å². The molecule has 162 valence electrons. The van der Waals surface area contributed by atoms with Gasteiger partial charge in [0.2, 0.25) is 0 Å². The van der Waals surface area contributed by atoms with E-state index in [1.54, 1.807) is 24.3 Å². The fourth-order valence-corrected chi connectivity index (χ4v) is 4.71. The molecule has 1 N–H and O–H groups in total. The van der Waals surface area contributed by atoms with Crippen molar-refractivity contribution in [3.05, 3.63) is 89.2 Å². The van der Waals surface area contributed by atoms with Crippen molar-refractivity contribution in [3.8, 4) is 21.7 Å². The Morgan fingerprint density at radius 3 is 2.09 bits per heavy atom. The van der Waals surface area contributed by atoms with E-state index in [1.807, 2.05) is 31.2 Å². The number of aromatic nitrogens is 1. The van der Waals surface area contributed by atoms with Gasteiger partial charge in [-0.15, -0.1) is 11.3 Å². The number of thiazole rings is 1. The number of sulfone groups is 1. The molecule has 0 atom stereocenters. The van der Waals surface area contributed by atoms with Gasteiger partial charge in [-0.2, -0.15) is 0 Å². The van der Waals surface area contributed by atoms with E-state index < -0.39 is 9.84 Å². The lowest BCUT2D eigenvalue weighted by Gasteiger charge is -2.04. The summed E-state index contributed by atoms with van der Waals surface area (Å²) in [6.07, 6.45) is 1.14. The molecule has 0 radical (unpaired) electrons. The molecule has 4 rings (SSSR count). The van der Waals surface area contributed by atoms with Crippen molar-refractivity contribution in [1.82, 2.24) is 4.98 Å². The Bertz CT molecular complexity index is 1380. The maximum Gasteiger partial charge on any atom is 0.284 e. The number of rotatable bonds is 5. The lowest BCUT2D eigenvalue weighted by molar-refractivity contribution is 0.102. The molecule has 3 aromatic carbocycles. The van der Waals surface area contributed by atoms with Crippen LogP contribution in [-0.4, -0.2) is 25.6 Å². The molecule has 1 heterocycles. The number of nitrogens with zero attached hydrogens (tertiary/aromatic N) is 1. The van der Waals surface area contributed by atoms with Crippen LogP contribution >= 0.6 is 11.3 Å². The smallest absolute Gasteiger partial charge is 0.284 e. The third kappa shape index (κ3) is 4.76. The van der Waals surface area contributed by atoms with Crippen LogP contribution < -0.4 is 5.32 Å². The number of carbonyl (C=O) groups is 1. The van der Waals surface area contributed by atoms with Gasteiger partial charge in [-0.05, 0) is 48.9 Å². The first kappa shape index (κ1) is 21.9. The molecule has 8 heteroatoms. The molecule has 32 heavy (non-hydrogen) atoms. The third-order valence-electron chi connectivity index (χ3n) is 4.79. The van der Waals surface area contributed by atoms with Crippen molar-refractivity contribution in [2.75, 3.05) is 11.6 Å². The summed E-state index contributed by atoms with van der Waals surface area (Å²) in [6, 6.07) is 19.7. The van der Waals surface area contributed by atoms with E-state index in [-0.39, 0.29) is 21.6 Å². The lowest BCUT2D eigenvalue weighted by Crippen LogP contribution is -2.11. The minimum absolute atomic E-state index is 0.192. The zero-order chi connectivity index (χ0) is 22.9. The third-order valence-corrected chi connectivity index (χ3v) is 7.02. The number of benzene rings is 3. The Labute approximate surface area is 189 Å². The average Bonchev–Trinajstić information content (AvgIpc) is 3.21. The number of anilines is 1. The molecule has 0 aliphatic rings. The maximum atomic E-state index is 13.5. The van der Waals surface area contributed by atoms with Gasteiger partial charge in [0.25, 0.3) is 5.91 Å². The molecule has 1 aromatic heterocycles. The second-order valence-electron chi connectivity index (χ2n) is 7.32. The van der Waals surface area contributed by atoms with Gasteiger partial charge in [-0.25, -0.2) is 17.8 Å². The van der Waals surface area contributed by atoms with Crippen LogP contribution in [0.1, 0.15) is 15.4 Å². The van der Waals surface area contributed by atoms with Crippen LogP contribution in [0.25, 0.3) is 21.7 Å². The molecule has 0 saturated heterocycles. The first-order valence-electron chi connectivity index (χ1n) is 9.66. The minimum Gasteiger partial charge on any atom is -0.320 e. The number of carbonyl (C=O) groups excluding carboxylic acids is 1. The first-order chi connectivity index (χ1) is 15.2. The summed E-state index contributed by atoms with van der Waals surface area (Å²) < 4.78 is 37.0. The number of hydrogen-bond donors (Lipinski definition) is 1. The van der Waals surface area contributed by atoms with Crippen molar-refractivity contribution < 1.29 is 17.6 Å². The fourth-order valence-electron chi connectivity index (χ4n) is 3.09. The number of hydrogen-bond acceptors (Lipinski definition) is 5. The molecule has 1 amide bonds. The second-order valence-corrected chi connectivity index (χ2v) is 10.3. The molecule has 4 aromatic rings. The number of amides is 1. The van der Waals surface area contributed by atoms with Gasteiger partial charge in [0, 0.05) is 17.5 Å². The average molecular weight is 467 g/mol.